The Labute approximate surface area is 270 Å². The van der Waals surface area contributed by atoms with Gasteiger partial charge in [-0.1, -0.05) is 29.0 Å². The summed E-state index contributed by atoms with van der Waals surface area (Å²) in [6.07, 6.45) is 1.78. The van der Waals surface area contributed by atoms with Crippen molar-refractivity contribution in [3.63, 3.8) is 0 Å². The molecule has 11 nitrogen and oxygen atoms in total. The predicted molar refractivity (Wildman–Crippen MR) is 176 cm³/mol. The minimum atomic E-state index is 0.267. The van der Waals surface area contributed by atoms with Gasteiger partial charge in [-0.15, -0.1) is 10.2 Å². The maximum Gasteiger partial charge on any atom is 0.232 e. The smallest absolute Gasteiger partial charge is 0.232 e. The molecule has 6 rings (SSSR count). The van der Waals surface area contributed by atoms with Crippen molar-refractivity contribution in [3.05, 3.63) is 64.4 Å². The standard InChI is InChI=1S/C32H33ClN6O5S/c1-18-6-9-24(41-4)19(2)28(18)44-30-27-22(15-26(33)36-30)23(31-37-38-32(45-31)39-10-12-43-13-11-39)17-35-29(27)34-16-20-7-8-21(40-3)14-25(20)42-5/h6-9,14-15,17H,10-13,16H2,1-5H3,(H,34,35). The molecular weight excluding hydrogens is 616 g/mol. The van der Waals surface area contributed by atoms with E-state index >= 15 is 0 Å². The van der Waals surface area contributed by atoms with Gasteiger partial charge in [0.05, 0.1) is 39.9 Å². The quantitative estimate of drug-likeness (QED) is 0.164. The van der Waals surface area contributed by atoms with E-state index in [9.17, 15) is 0 Å². The largest absolute Gasteiger partial charge is 0.497 e. The molecule has 1 saturated heterocycles. The third-order valence-electron chi connectivity index (χ3n) is 7.64. The topological polar surface area (TPSA) is 113 Å². The van der Waals surface area contributed by atoms with Crippen LogP contribution in [0.1, 0.15) is 16.7 Å². The lowest BCUT2D eigenvalue weighted by Crippen LogP contribution is -2.36. The van der Waals surface area contributed by atoms with Gasteiger partial charge >= 0.3 is 0 Å². The number of hydrogen-bond acceptors (Lipinski definition) is 12. The van der Waals surface area contributed by atoms with E-state index in [-0.39, 0.29) is 5.15 Å². The molecule has 0 radical (unpaired) electrons. The molecule has 0 spiro atoms. The van der Waals surface area contributed by atoms with E-state index in [2.05, 4.69) is 25.4 Å². The number of pyridine rings is 2. The van der Waals surface area contributed by atoms with E-state index in [4.69, 9.17) is 40.3 Å². The first-order valence-electron chi connectivity index (χ1n) is 14.3. The van der Waals surface area contributed by atoms with Crippen LogP contribution in [0.2, 0.25) is 5.15 Å². The summed E-state index contributed by atoms with van der Waals surface area (Å²) in [7, 11) is 4.88. The van der Waals surface area contributed by atoms with Gasteiger partial charge in [-0.05, 0) is 43.7 Å². The molecule has 0 saturated carbocycles. The average molecular weight is 649 g/mol. The van der Waals surface area contributed by atoms with Crippen LogP contribution in [0.15, 0.2) is 42.6 Å². The molecule has 1 aliphatic heterocycles. The zero-order valence-electron chi connectivity index (χ0n) is 25.6. The Morgan fingerprint density at radius 1 is 0.978 bits per heavy atom. The number of halogens is 1. The van der Waals surface area contributed by atoms with Gasteiger partial charge in [0.25, 0.3) is 0 Å². The summed E-state index contributed by atoms with van der Waals surface area (Å²) < 4.78 is 28.7. The lowest BCUT2D eigenvalue weighted by molar-refractivity contribution is 0.122. The fraction of sp³-hybridized carbons (Fsp3) is 0.312. The Bertz CT molecular complexity index is 1850. The molecule has 4 heterocycles. The van der Waals surface area contributed by atoms with E-state index in [1.54, 1.807) is 33.6 Å². The maximum absolute atomic E-state index is 6.67. The van der Waals surface area contributed by atoms with E-state index in [0.717, 1.165) is 45.9 Å². The number of anilines is 2. The number of ether oxygens (including phenoxy) is 5. The van der Waals surface area contributed by atoms with Gasteiger partial charge in [-0.2, -0.15) is 0 Å². The van der Waals surface area contributed by atoms with Gasteiger partial charge in [0.1, 0.15) is 34.0 Å². The second-order valence-electron chi connectivity index (χ2n) is 10.4. The number of hydrogen-bond donors (Lipinski definition) is 1. The van der Waals surface area contributed by atoms with Crippen LogP contribution in [0.4, 0.5) is 10.9 Å². The molecule has 0 unspecified atom stereocenters. The van der Waals surface area contributed by atoms with Crippen molar-refractivity contribution in [2.45, 2.75) is 20.4 Å². The molecule has 0 amide bonds. The highest BCUT2D eigenvalue weighted by molar-refractivity contribution is 7.18. The van der Waals surface area contributed by atoms with Crippen LogP contribution >= 0.6 is 22.9 Å². The van der Waals surface area contributed by atoms with Crippen molar-refractivity contribution >= 4 is 44.7 Å². The van der Waals surface area contributed by atoms with Crippen LogP contribution in [0.3, 0.4) is 0 Å². The fourth-order valence-corrected chi connectivity index (χ4v) is 6.35. The highest BCUT2D eigenvalue weighted by Crippen LogP contribution is 2.43. The first-order valence-corrected chi connectivity index (χ1v) is 15.5. The number of aryl methyl sites for hydroxylation is 1. The van der Waals surface area contributed by atoms with E-state index < -0.39 is 0 Å². The van der Waals surface area contributed by atoms with Crippen molar-refractivity contribution in [3.8, 4) is 39.4 Å². The van der Waals surface area contributed by atoms with Gasteiger partial charge in [0.2, 0.25) is 11.0 Å². The lowest BCUT2D eigenvalue weighted by atomic mass is 10.1. The monoisotopic (exact) mass is 648 g/mol. The molecule has 0 atom stereocenters. The minimum absolute atomic E-state index is 0.267. The number of morpholine rings is 1. The van der Waals surface area contributed by atoms with Crippen LogP contribution in [0.5, 0.6) is 28.9 Å². The normalized spacial score (nSPS) is 13.2. The van der Waals surface area contributed by atoms with E-state index in [1.807, 2.05) is 44.2 Å². The highest BCUT2D eigenvalue weighted by atomic mass is 35.5. The summed E-state index contributed by atoms with van der Waals surface area (Å²) in [5.74, 6) is 3.58. The van der Waals surface area contributed by atoms with Crippen molar-refractivity contribution in [1.82, 2.24) is 20.2 Å². The first-order chi connectivity index (χ1) is 21.9. The third kappa shape index (κ3) is 6.26. The van der Waals surface area contributed by atoms with Crippen LogP contribution < -0.4 is 29.2 Å². The Morgan fingerprint density at radius 3 is 2.53 bits per heavy atom. The van der Waals surface area contributed by atoms with E-state index in [1.165, 1.54) is 11.3 Å². The molecule has 3 aromatic heterocycles. The van der Waals surface area contributed by atoms with Crippen LogP contribution in [0.25, 0.3) is 21.3 Å². The SMILES string of the molecule is COc1ccc(CNc2ncc(-c3nnc(N4CCOCC4)s3)c3cc(Cl)nc(Oc4c(C)ccc(OC)c4C)c23)c(OC)c1. The molecule has 0 aliphatic carbocycles. The third-order valence-corrected chi connectivity index (χ3v) is 8.85. The maximum atomic E-state index is 6.67. The molecular formula is C32H33ClN6O5S. The van der Waals surface area contributed by atoms with E-state index in [0.29, 0.717) is 64.8 Å². The summed E-state index contributed by atoms with van der Waals surface area (Å²) in [4.78, 5) is 11.7. The number of nitrogens with zero attached hydrogens (tertiary/aromatic N) is 5. The van der Waals surface area contributed by atoms with Gasteiger partial charge in [-0.3, -0.25) is 0 Å². The van der Waals surface area contributed by atoms with Crippen LogP contribution in [-0.4, -0.2) is 67.8 Å². The van der Waals surface area contributed by atoms with Gasteiger partial charge in [-0.25, -0.2) is 9.97 Å². The number of nitrogens with one attached hydrogen (secondary N) is 1. The molecule has 2 aromatic carbocycles. The molecule has 45 heavy (non-hydrogen) atoms. The summed E-state index contributed by atoms with van der Waals surface area (Å²) in [5.41, 5.74) is 3.45. The van der Waals surface area contributed by atoms with Crippen molar-refractivity contribution < 1.29 is 23.7 Å². The minimum Gasteiger partial charge on any atom is -0.497 e. The van der Waals surface area contributed by atoms with Crippen molar-refractivity contribution in [1.29, 1.82) is 0 Å². The average Bonchev–Trinajstić information content (AvgIpc) is 3.56. The lowest BCUT2D eigenvalue weighted by Gasteiger charge is -2.25. The molecule has 1 fully saturated rings. The first kappa shape index (κ1) is 30.6. The van der Waals surface area contributed by atoms with Crippen LogP contribution in [0, 0.1) is 13.8 Å². The summed E-state index contributed by atoms with van der Waals surface area (Å²) in [5, 5.41) is 15.7. The second kappa shape index (κ2) is 13.3. The summed E-state index contributed by atoms with van der Waals surface area (Å²) in [6, 6.07) is 11.3. The number of benzene rings is 2. The summed E-state index contributed by atoms with van der Waals surface area (Å²) >= 11 is 8.16. The van der Waals surface area contributed by atoms with Gasteiger partial charge in [0.15, 0.2) is 5.01 Å². The van der Waals surface area contributed by atoms with Gasteiger partial charge in [0, 0.05) is 54.0 Å². The number of fused-ring (bicyclic) bond motifs is 1. The zero-order chi connectivity index (χ0) is 31.5. The Hall–Kier alpha value is -4.39. The number of aromatic nitrogens is 4. The molecule has 1 N–H and O–H groups in total. The predicted octanol–water partition coefficient (Wildman–Crippen LogP) is 6.69. The Kier molecular flexibility index (Phi) is 9.06. The molecule has 0 bridgehead atoms. The van der Waals surface area contributed by atoms with Crippen LogP contribution in [-0.2, 0) is 11.3 Å². The summed E-state index contributed by atoms with van der Waals surface area (Å²) in [6.45, 7) is 7.17. The number of rotatable bonds is 10. The Morgan fingerprint density at radius 2 is 1.78 bits per heavy atom. The highest BCUT2D eigenvalue weighted by Gasteiger charge is 2.23. The molecule has 234 valence electrons. The second-order valence-corrected chi connectivity index (χ2v) is 11.7. The molecule has 13 heteroatoms. The van der Waals surface area contributed by atoms with Crippen molar-refractivity contribution in [2.75, 3.05) is 57.8 Å². The van der Waals surface area contributed by atoms with Gasteiger partial charge < -0.3 is 33.9 Å². The number of methoxy groups -OCH3 is 3. The van der Waals surface area contributed by atoms with Crippen molar-refractivity contribution in [2.24, 2.45) is 0 Å². The Balaban J connectivity index is 1.47. The fourth-order valence-electron chi connectivity index (χ4n) is 5.24. The zero-order valence-corrected chi connectivity index (χ0v) is 27.2. The molecule has 5 aromatic rings. The molecule has 1 aliphatic rings.